The van der Waals surface area contributed by atoms with Crippen LogP contribution in [0.25, 0.3) is 0 Å². The largest absolute Gasteiger partial charge is 0.385 e. The second-order valence-electron chi connectivity index (χ2n) is 8.08. The van der Waals surface area contributed by atoms with Gasteiger partial charge in [-0.3, -0.25) is 15.0 Å². The molecule has 1 aliphatic heterocycles. The number of piperidine rings is 1. The summed E-state index contributed by atoms with van der Waals surface area (Å²) in [6.45, 7) is 9.54. The Morgan fingerprint density at radius 3 is 2.52 bits per heavy atom. The van der Waals surface area contributed by atoms with Gasteiger partial charge >= 0.3 is 0 Å². The van der Waals surface area contributed by atoms with E-state index in [4.69, 9.17) is 4.74 Å². The number of rotatable bonds is 10. The molecule has 0 aromatic heterocycles. The van der Waals surface area contributed by atoms with Gasteiger partial charge in [0.05, 0.1) is 11.5 Å². The molecule has 8 nitrogen and oxygen atoms in total. The maximum atomic E-state index is 10.8. The number of nitro benzene ring substituents is 1. The summed E-state index contributed by atoms with van der Waals surface area (Å²) in [4.78, 5) is 17.6. The molecule has 162 valence electrons. The van der Waals surface area contributed by atoms with Crippen LogP contribution in [0.2, 0.25) is 0 Å². The first-order valence-corrected chi connectivity index (χ1v) is 10.4. The fourth-order valence-electron chi connectivity index (χ4n) is 3.40. The average molecular weight is 406 g/mol. The van der Waals surface area contributed by atoms with Crippen molar-refractivity contribution in [3.8, 4) is 0 Å². The number of hydrogen-bond acceptors (Lipinski definition) is 5. The minimum atomic E-state index is -0.389. The average Bonchev–Trinajstić information content (AvgIpc) is 2.73. The van der Waals surface area contributed by atoms with Crippen molar-refractivity contribution in [2.45, 2.75) is 51.6 Å². The highest BCUT2D eigenvalue weighted by atomic mass is 16.6. The molecule has 0 amide bonds. The summed E-state index contributed by atoms with van der Waals surface area (Å²) in [5.41, 5.74) is 1.07. The molecule has 0 spiro atoms. The van der Waals surface area contributed by atoms with Crippen LogP contribution in [0, 0.1) is 10.1 Å². The van der Waals surface area contributed by atoms with Crippen molar-refractivity contribution in [3.63, 3.8) is 0 Å². The molecule has 1 aromatic rings. The Hall–Kier alpha value is -2.19. The zero-order valence-corrected chi connectivity index (χ0v) is 17.9. The smallest absolute Gasteiger partial charge is 0.269 e. The van der Waals surface area contributed by atoms with E-state index in [1.54, 1.807) is 19.2 Å². The van der Waals surface area contributed by atoms with Crippen LogP contribution in [0.4, 0.5) is 5.69 Å². The molecule has 1 heterocycles. The fourth-order valence-corrected chi connectivity index (χ4v) is 3.40. The third-order valence-electron chi connectivity index (χ3n) is 5.29. The molecule has 8 heteroatoms. The van der Waals surface area contributed by atoms with Crippen LogP contribution in [0.3, 0.4) is 0 Å². The third kappa shape index (κ3) is 7.98. The number of non-ortho nitro benzene ring substituents is 1. The lowest BCUT2D eigenvalue weighted by atomic mass is 9.98. The molecule has 29 heavy (non-hydrogen) atoms. The van der Waals surface area contributed by atoms with Crippen molar-refractivity contribution in [2.75, 3.05) is 39.9 Å². The number of methoxy groups -OCH3 is 1. The van der Waals surface area contributed by atoms with E-state index >= 15 is 0 Å². The highest BCUT2D eigenvalue weighted by Crippen LogP contribution is 2.19. The Balaban J connectivity index is 1.96. The second-order valence-corrected chi connectivity index (χ2v) is 8.08. The molecule has 2 N–H and O–H groups in total. The molecule has 0 atom stereocenters. The summed E-state index contributed by atoms with van der Waals surface area (Å²) >= 11 is 0. The highest BCUT2D eigenvalue weighted by Gasteiger charge is 2.27. The van der Waals surface area contributed by atoms with E-state index in [0.717, 1.165) is 44.1 Å². The van der Waals surface area contributed by atoms with E-state index in [2.05, 4.69) is 34.4 Å². The number of nitrogens with zero attached hydrogens (tertiary/aromatic N) is 3. The quantitative estimate of drug-likeness (QED) is 0.204. The number of benzene rings is 1. The summed E-state index contributed by atoms with van der Waals surface area (Å²) in [6.07, 6.45) is 4.74. The normalized spacial score (nSPS) is 15.9. The van der Waals surface area contributed by atoms with Gasteiger partial charge in [-0.15, -0.1) is 0 Å². The van der Waals surface area contributed by atoms with Crippen molar-refractivity contribution in [3.05, 3.63) is 39.9 Å². The van der Waals surface area contributed by atoms with Gasteiger partial charge < -0.3 is 15.4 Å². The number of ether oxygens (including phenoxy) is 1. The van der Waals surface area contributed by atoms with E-state index in [9.17, 15) is 10.1 Å². The Kier molecular flexibility index (Phi) is 9.34. The molecule has 1 saturated heterocycles. The Bertz CT molecular complexity index is 655. The lowest BCUT2D eigenvalue weighted by molar-refractivity contribution is -0.384. The van der Waals surface area contributed by atoms with Gasteiger partial charge in [0.1, 0.15) is 0 Å². The van der Waals surface area contributed by atoms with Crippen LogP contribution in [-0.4, -0.2) is 61.2 Å². The maximum absolute atomic E-state index is 10.8. The van der Waals surface area contributed by atoms with Gasteiger partial charge in [-0.25, -0.2) is 4.99 Å². The Morgan fingerprint density at radius 2 is 1.90 bits per heavy atom. The molecule has 0 unspecified atom stereocenters. The van der Waals surface area contributed by atoms with E-state index in [1.807, 2.05) is 0 Å². The van der Waals surface area contributed by atoms with Gasteiger partial charge in [0, 0.05) is 44.5 Å². The van der Waals surface area contributed by atoms with Gasteiger partial charge in [0.2, 0.25) is 0 Å². The number of aliphatic imine (C=N–C) groups is 1. The zero-order chi connectivity index (χ0) is 21.1. The first kappa shape index (κ1) is 23.1. The van der Waals surface area contributed by atoms with Gasteiger partial charge in [0.25, 0.3) is 5.69 Å². The molecule has 0 aliphatic carbocycles. The summed E-state index contributed by atoms with van der Waals surface area (Å²) in [6, 6.07) is 6.54. The van der Waals surface area contributed by atoms with Gasteiger partial charge in [0.15, 0.2) is 5.96 Å². The van der Waals surface area contributed by atoms with Gasteiger partial charge in [-0.05, 0) is 51.8 Å². The van der Waals surface area contributed by atoms with Crippen molar-refractivity contribution in [1.29, 1.82) is 0 Å². The Morgan fingerprint density at radius 1 is 1.21 bits per heavy atom. The SMILES string of the molecule is COCCCNC(=NCc1ccc([N+](=O)[O-])cc1)NCC(C)(C)N1CCCCC1. The number of likely N-dealkylation sites (tertiary alicyclic amines) is 1. The third-order valence-corrected chi connectivity index (χ3v) is 5.29. The van der Waals surface area contributed by atoms with E-state index in [0.29, 0.717) is 13.2 Å². The molecule has 0 saturated carbocycles. The van der Waals surface area contributed by atoms with Crippen LogP contribution in [0.15, 0.2) is 29.3 Å². The van der Waals surface area contributed by atoms with Crippen molar-refractivity contribution in [1.82, 2.24) is 15.5 Å². The lowest BCUT2D eigenvalue weighted by Gasteiger charge is -2.41. The zero-order valence-electron chi connectivity index (χ0n) is 17.9. The molecule has 0 radical (unpaired) electrons. The van der Waals surface area contributed by atoms with Crippen LogP contribution < -0.4 is 10.6 Å². The maximum Gasteiger partial charge on any atom is 0.269 e. The monoisotopic (exact) mass is 405 g/mol. The van der Waals surface area contributed by atoms with E-state index in [1.165, 1.54) is 31.4 Å². The highest BCUT2D eigenvalue weighted by molar-refractivity contribution is 5.79. The second kappa shape index (κ2) is 11.7. The standard InChI is InChI=1S/C21H35N5O3/c1-21(2,25-13-5-4-6-14-25)17-24-20(22-12-7-15-29-3)23-16-18-8-10-19(11-9-18)26(27)28/h8-11H,4-7,12-17H2,1-3H3,(H2,22,23,24). The predicted molar refractivity (Wildman–Crippen MR) is 116 cm³/mol. The minimum absolute atomic E-state index is 0.0444. The molecular formula is C21H35N5O3. The van der Waals surface area contributed by atoms with Crippen molar-refractivity contribution < 1.29 is 9.66 Å². The number of guanidine groups is 1. The van der Waals surface area contributed by atoms with E-state index < -0.39 is 0 Å². The molecule has 1 aliphatic rings. The topological polar surface area (TPSA) is 92.0 Å². The Labute approximate surface area is 173 Å². The first-order valence-electron chi connectivity index (χ1n) is 10.4. The number of hydrogen-bond donors (Lipinski definition) is 2. The predicted octanol–water partition coefficient (Wildman–Crippen LogP) is 2.93. The molecule has 2 rings (SSSR count). The molecular weight excluding hydrogens is 370 g/mol. The molecule has 1 fully saturated rings. The molecule has 1 aromatic carbocycles. The summed E-state index contributed by atoms with van der Waals surface area (Å²) < 4.78 is 5.12. The van der Waals surface area contributed by atoms with Crippen LogP contribution in [-0.2, 0) is 11.3 Å². The number of nitrogens with one attached hydrogen (secondary N) is 2. The summed E-state index contributed by atoms with van der Waals surface area (Å²) in [5, 5.41) is 17.6. The van der Waals surface area contributed by atoms with Gasteiger partial charge in [-0.1, -0.05) is 18.6 Å². The number of nitro groups is 1. The fraction of sp³-hybridized carbons (Fsp3) is 0.667. The van der Waals surface area contributed by atoms with Crippen molar-refractivity contribution >= 4 is 11.6 Å². The summed E-state index contributed by atoms with van der Waals surface area (Å²) in [5.74, 6) is 0.754. The van der Waals surface area contributed by atoms with Gasteiger partial charge in [-0.2, -0.15) is 0 Å². The van der Waals surface area contributed by atoms with E-state index in [-0.39, 0.29) is 16.1 Å². The van der Waals surface area contributed by atoms with Crippen LogP contribution >= 0.6 is 0 Å². The van der Waals surface area contributed by atoms with Crippen LogP contribution in [0.1, 0.15) is 45.1 Å². The summed E-state index contributed by atoms with van der Waals surface area (Å²) in [7, 11) is 1.70. The minimum Gasteiger partial charge on any atom is -0.385 e. The first-order chi connectivity index (χ1) is 13.9. The van der Waals surface area contributed by atoms with Crippen LogP contribution in [0.5, 0.6) is 0 Å². The lowest BCUT2D eigenvalue weighted by Crippen LogP contribution is -2.55. The van der Waals surface area contributed by atoms with Crippen molar-refractivity contribution in [2.24, 2.45) is 4.99 Å². The molecule has 0 bridgehead atoms.